The van der Waals surface area contributed by atoms with Gasteiger partial charge < -0.3 is 15.5 Å². The molecule has 2 N–H and O–H groups in total. The highest BCUT2D eigenvalue weighted by atomic mass is 16.2. The van der Waals surface area contributed by atoms with Crippen LogP contribution in [0, 0.1) is 0 Å². The Balaban J connectivity index is 1.60. The third kappa shape index (κ3) is 4.47. The molecule has 0 aromatic carbocycles. The molecule has 6 nitrogen and oxygen atoms in total. The highest BCUT2D eigenvalue weighted by molar-refractivity contribution is 5.98. The summed E-state index contributed by atoms with van der Waals surface area (Å²) >= 11 is 0. The number of nitrogens with one attached hydrogen (secondary N) is 2. The van der Waals surface area contributed by atoms with E-state index in [1.165, 1.54) is 0 Å². The number of hydrogen-bond donors (Lipinski definition) is 2. The van der Waals surface area contributed by atoms with Crippen LogP contribution in [0.4, 0.5) is 11.5 Å². The summed E-state index contributed by atoms with van der Waals surface area (Å²) in [5.41, 5.74) is 1.68. The van der Waals surface area contributed by atoms with Gasteiger partial charge in [-0.3, -0.25) is 9.78 Å². The van der Waals surface area contributed by atoms with E-state index in [0.29, 0.717) is 17.4 Å². The lowest BCUT2D eigenvalue weighted by Crippen LogP contribution is -2.42. The molecule has 1 fully saturated rings. The van der Waals surface area contributed by atoms with Crippen molar-refractivity contribution in [2.75, 3.05) is 23.7 Å². The SMILES string of the molecule is CC(C)Nc1ncccc1C(=O)N1CCC(Nc2cccnc2)CC1. The quantitative estimate of drug-likeness (QED) is 0.876. The molecule has 3 heterocycles. The van der Waals surface area contributed by atoms with E-state index in [1.54, 1.807) is 12.4 Å². The first-order chi connectivity index (χ1) is 12.1. The standard InChI is InChI=1S/C19H25N5O/c1-14(2)22-18-17(6-4-10-21-18)19(25)24-11-7-15(8-12-24)23-16-5-3-9-20-13-16/h3-6,9-10,13-15,23H,7-8,11-12H2,1-2H3,(H,21,22). The van der Waals surface area contributed by atoms with Gasteiger partial charge in [0.2, 0.25) is 0 Å². The number of carbonyl (C=O) groups is 1. The van der Waals surface area contributed by atoms with Crippen molar-refractivity contribution < 1.29 is 4.79 Å². The molecular formula is C19H25N5O. The Morgan fingerprint density at radius 1 is 1.20 bits per heavy atom. The van der Waals surface area contributed by atoms with Gasteiger partial charge in [-0.2, -0.15) is 0 Å². The van der Waals surface area contributed by atoms with Gasteiger partial charge in [-0.05, 0) is 51.0 Å². The molecule has 0 unspecified atom stereocenters. The number of hydrogen-bond acceptors (Lipinski definition) is 5. The molecule has 1 aliphatic heterocycles. The van der Waals surface area contributed by atoms with Crippen molar-refractivity contribution in [1.82, 2.24) is 14.9 Å². The van der Waals surface area contributed by atoms with Crippen molar-refractivity contribution in [3.8, 4) is 0 Å². The number of rotatable bonds is 5. The van der Waals surface area contributed by atoms with Gasteiger partial charge >= 0.3 is 0 Å². The van der Waals surface area contributed by atoms with Gasteiger partial charge in [0.25, 0.3) is 5.91 Å². The lowest BCUT2D eigenvalue weighted by Gasteiger charge is -2.33. The summed E-state index contributed by atoms with van der Waals surface area (Å²) in [6, 6.07) is 8.21. The predicted octanol–water partition coefficient (Wildman–Crippen LogP) is 3.01. The second-order valence-corrected chi connectivity index (χ2v) is 6.65. The summed E-state index contributed by atoms with van der Waals surface area (Å²) in [5.74, 6) is 0.717. The minimum atomic E-state index is 0.0519. The Bertz CT molecular complexity index is 696. The van der Waals surface area contributed by atoms with Crippen LogP contribution in [0.15, 0.2) is 42.9 Å². The van der Waals surface area contributed by atoms with E-state index in [9.17, 15) is 4.79 Å². The fourth-order valence-electron chi connectivity index (χ4n) is 3.05. The Labute approximate surface area is 148 Å². The van der Waals surface area contributed by atoms with E-state index in [2.05, 4.69) is 20.6 Å². The topological polar surface area (TPSA) is 70.2 Å². The van der Waals surface area contributed by atoms with Crippen LogP contribution in [-0.4, -0.2) is 45.9 Å². The number of piperidine rings is 1. The minimum Gasteiger partial charge on any atom is -0.381 e. The number of pyridine rings is 2. The van der Waals surface area contributed by atoms with Crippen molar-refractivity contribution in [3.63, 3.8) is 0 Å². The molecule has 3 rings (SSSR count). The minimum absolute atomic E-state index is 0.0519. The molecule has 25 heavy (non-hydrogen) atoms. The number of carbonyl (C=O) groups excluding carboxylic acids is 1. The Morgan fingerprint density at radius 2 is 1.96 bits per heavy atom. The number of likely N-dealkylation sites (tertiary alicyclic amines) is 1. The molecule has 1 saturated heterocycles. The summed E-state index contributed by atoms with van der Waals surface area (Å²) < 4.78 is 0. The molecule has 2 aromatic heterocycles. The van der Waals surface area contributed by atoms with Gasteiger partial charge in [0.1, 0.15) is 5.82 Å². The van der Waals surface area contributed by atoms with Crippen molar-refractivity contribution in [3.05, 3.63) is 48.4 Å². The van der Waals surface area contributed by atoms with E-state index in [1.807, 2.05) is 49.2 Å². The first-order valence-corrected chi connectivity index (χ1v) is 8.81. The van der Waals surface area contributed by atoms with Crippen molar-refractivity contribution in [1.29, 1.82) is 0 Å². The van der Waals surface area contributed by atoms with Gasteiger partial charge in [0.15, 0.2) is 0 Å². The summed E-state index contributed by atoms with van der Waals surface area (Å²) in [4.78, 5) is 23.3. The molecule has 132 valence electrons. The molecule has 0 bridgehead atoms. The molecule has 0 saturated carbocycles. The molecule has 0 spiro atoms. The summed E-state index contributed by atoms with van der Waals surface area (Å²) in [5, 5.41) is 6.75. The normalized spacial score (nSPS) is 15.2. The average molecular weight is 339 g/mol. The van der Waals surface area contributed by atoms with Gasteiger partial charge in [-0.1, -0.05) is 0 Å². The summed E-state index contributed by atoms with van der Waals surface area (Å²) in [6.45, 7) is 5.57. The van der Waals surface area contributed by atoms with E-state index in [-0.39, 0.29) is 11.9 Å². The van der Waals surface area contributed by atoms with Crippen LogP contribution in [0.3, 0.4) is 0 Å². The van der Waals surface area contributed by atoms with E-state index < -0.39 is 0 Å². The van der Waals surface area contributed by atoms with E-state index in [0.717, 1.165) is 31.6 Å². The van der Waals surface area contributed by atoms with Crippen LogP contribution in [0.5, 0.6) is 0 Å². The molecule has 0 radical (unpaired) electrons. The molecule has 6 heteroatoms. The maximum atomic E-state index is 12.9. The van der Waals surface area contributed by atoms with Crippen LogP contribution in [0.2, 0.25) is 0 Å². The Hall–Kier alpha value is -2.63. The van der Waals surface area contributed by atoms with Crippen LogP contribution in [-0.2, 0) is 0 Å². The Kier molecular flexibility index (Phi) is 5.48. The number of nitrogens with zero attached hydrogens (tertiary/aromatic N) is 3. The average Bonchev–Trinajstić information content (AvgIpc) is 2.63. The second kappa shape index (κ2) is 7.96. The molecule has 1 aliphatic rings. The smallest absolute Gasteiger partial charge is 0.257 e. The molecule has 1 amide bonds. The van der Waals surface area contributed by atoms with Crippen molar-refractivity contribution >= 4 is 17.4 Å². The van der Waals surface area contributed by atoms with Crippen molar-refractivity contribution in [2.24, 2.45) is 0 Å². The maximum Gasteiger partial charge on any atom is 0.257 e. The zero-order valence-electron chi connectivity index (χ0n) is 14.8. The monoisotopic (exact) mass is 339 g/mol. The fraction of sp³-hybridized carbons (Fsp3) is 0.421. The number of aromatic nitrogens is 2. The largest absolute Gasteiger partial charge is 0.381 e. The third-order valence-corrected chi connectivity index (χ3v) is 4.28. The first kappa shape index (κ1) is 17.2. The van der Waals surface area contributed by atoms with E-state index in [4.69, 9.17) is 0 Å². The summed E-state index contributed by atoms with van der Waals surface area (Å²) in [7, 11) is 0. The lowest BCUT2D eigenvalue weighted by atomic mass is 10.0. The highest BCUT2D eigenvalue weighted by Crippen LogP contribution is 2.20. The highest BCUT2D eigenvalue weighted by Gasteiger charge is 2.25. The lowest BCUT2D eigenvalue weighted by molar-refractivity contribution is 0.0719. The first-order valence-electron chi connectivity index (χ1n) is 8.81. The van der Waals surface area contributed by atoms with Crippen molar-refractivity contribution in [2.45, 2.75) is 38.8 Å². The van der Waals surface area contributed by atoms with Gasteiger partial charge in [0.05, 0.1) is 11.3 Å². The van der Waals surface area contributed by atoms with Gasteiger partial charge in [0, 0.05) is 43.8 Å². The van der Waals surface area contributed by atoms with Gasteiger partial charge in [-0.25, -0.2) is 4.98 Å². The molecule has 0 aliphatic carbocycles. The van der Waals surface area contributed by atoms with Crippen LogP contribution in [0.25, 0.3) is 0 Å². The second-order valence-electron chi connectivity index (χ2n) is 6.65. The van der Waals surface area contributed by atoms with Crippen LogP contribution in [0.1, 0.15) is 37.0 Å². The van der Waals surface area contributed by atoms with Gasteiger partial charge in [-0.15, -0.1) is 0 Å². The fourth-order valence-corrected chi connectivity index (χ4v) is 3.05. The molecular weight excluding hydrogens is 314 g/mol. The maximum absolute atomic E-state index is 12.9. The Morgan fingerprint density at radius 3 is 2.64 bits per heavy atom. The third-order valence-electron chi connectivity index (χ3n) is 4.28. The number of anilines is 2. The zero-order chi connectivity index (χ0) is 17.6. The van der Waals surface area contributed by atoms with E-state index >= 15 is 0 Å². The van der Waals surface area contributed by atoms with Crippen LogP contribution < -0.4 is 10.6 Å². The zero-order valence-corrected chi connectivity index (χ0v) is 14.8. The molecule has 2 aromatic rings. The number of amides is 1. The summed E-state index contributed by atoms with van der Waals surface area (Å²) in [6.07, 6.45) is 7.16. The predicted molar refractivity (Wildman–Crippen MR) is 99.8 cm³/mol. The van der Waals surface area contributed by atoms with Crippen LogP contribution >= 0.6 is 0 Å². The molecule has 0 atom stereocenters.